The first-order valence-electron chi connectivity index (χ1n) is 5.69. The number of aliphatic hydroxyl groups is 1. The molecule has 18 heavy (non-hydrogen) atoms. The largest absolute Gasteiger partial charge is 0.508 e. The highest BCUT2D eigenvalue weighted by atomic mass is 16.5. The van der Waals surface area contributed by atoms with E-state index in [0.717, 1.165) is 5.56 Å². The van der Waals surface area contributed by atoms with Gasteiger partial charge in [-0.2, -0.15) is 0 Å². The quantitative estimate of drug-likeness (QED) is 0.632. The first kappa shape index (κ1) is 14.3. The van der Waals surface area contributed by atoms with Crippen molar-refractivity contribution < 1.29 is 19.7 Å². The number of esters is 1. The lowest BCUT2D eigenvalue weighted by molar-refractivity contribution is -0.134. The number of phenolic OH excluding ortho intramolecular Hbond substituents is 1. The fraction of sp³-hybridized carbons (Fsp3) is 0.357. The molecule has 2 unspecified atom stereocenters. The van der Waals surface area contributed by atoms with E-state index in [1.165, 1.54) is 19.3 Å². The van der Waals surface area contributed by atoms with Gasteiger partial charge in [0, 0.05) is 17.6 Å². The lowest BCUT2D eigenvalue weighted by Gasteiger charge is -2.18. The number of aryl methyl sites for hydroxylation is 1. The zero-order valence-electron chi connectivity index (χ0n) is 10.8. The fourth-order valence-electron chi connectivity index (χ4n) is 1.71. The van der Waals surface area contributed by atoms with Gasteiger partial charge in [-0.3, -0.25) is 0 Å². The first-order chi connectivity index (χ1) is 8.45. The number of ether oxygens (including phenoxy) is 1. The van der Waals surface area contributed by atoms with Gasteiger partial charge in [-0.25, -0.2) is 4.79 Å². The minimum atomic E-state index is -0.723. The van der Waals surface area contributed by atoms with E-state index >= 15 is 0 Å². The lowest BCUT2D eigenvalue weighted by Crippen LogP contribution is -2.13. The average molecular weight is 250 g/mol. The Labute approximate surface area is 107 Å². The molecule has 0 aliphatic carbocycles. The van der Waals surface area contributed by atoms with Crippen LogP contribution in [0.3, 0.4) is 0 Å². The normalized spacial score (nSPS) is 14.4. The predicted molar refractivity (Wildman–Crippen MR) is 68.4 cm³/mol. The van der Waals surface area contributed by atoms with E-state index in [0.29, 0.717) is 5.56 Å². The van der Waals surface area contributed by atoms with E-state index in [9.17, 15) is 15.0 Å². The molecule has 0 aromatic heterocycles. The van der Waals surface area contributed by atoms with Crippen LogP contribution in [0.25, 0.3) is 0 Å². The Kier molecular flexibility index (Phi) is 4.92. The van der Waals surface area contributed by atoms with Crippen LogP contribution in [0.15, 0.2) is 30.4 Å². The topological polar surface area (TPSA) is 66.8 Å². The fourth-order valence-corrected chi connectivity index (χ4v) is 1.71. The van der Waals surface area contributed by atoms with E-state index in [2.05, 4.69) is 4.74 Å². The van der Waals surface area contributed by atoms with E-state index in [1.807, 2.05) is 13.0 Å². The summed E-state index contributed by atoms with van der Waals surface area (Å²) in [6.45, 7) is 3.47. The Morgan fingerprint density at radius 1 is 1.44 bits per heavy atom. The van der Waals surface area contributed by atoms with Gasteiger partial charge in [-0.05, 0) is 25.5 Å². The van der Waals surface area contributed by atoms with Crippen molar-refractivity contribution in [2.24, 2.45) is 0 Å². The van der Waals surface area contributed by atoms with Crippen LogP contribution in [0, 0.1) is 6.92 Å². The summed E-state index contributed by atoms with van der Waals surface area (Å²) in [6.07, 6.45) is 2.05. The van der Waals surface area contributed by atoms with Gasteiger partial charge >= 0.3 is 5.97 Å². The van der Waals surface area contributed by atoms with Crippen molar-refractivity contribution in [3.63, 3.8) is 0 Å². The smallest absolute Gasteiger partial charge is 0.330 e. The van der Waals surface area contributed by atoms with Gasteiger partial charge in [0.1, 0.15) is 5.75 Å². The van der Waals surface area contributed by atoms with Crippen molar-refractivity contribution in [3.05, 3.63) is 41.5 Å². The van der Waals surface area contributed by atoms with E-state index in [4.69, 9.17) is 0 Å². The molecule has 2 N–H and O–H groups in total. The highest BCUT2D eigenvalue weighted by molar-refractivity contribution is 5.82. The molecular weight excluding hydrogens is 232 g/mol. The molecule has 0 aliphatic rings. The number of aromatic hydroxyl groups is 1. The molecule has 1 rings (SSSR count). The van der Waals surface area contributed by atoms with E-state index < -0.39 is 18.0 Å². The van der Waals surface area contributed by atoms with Crippen molar-refractivity contribution in [3.8, 4) is 5.75 Å². The molecule has 4 heteroatoms. The van der Waals surface area contributed by atoms with Gasteiger partial charge in [0.25, 0.3) is 0 Å². The third-order valence-electron chi connectivity index (χ3n) is 2.71. The van der Waals surface area contributed by atoms with E-state index in [-0.39, 0.29) is 5.75 Å². The van der Waals surface area contributed by atoms with Crippen LogP contribution in [-0.4, -0.2) is 29.4 Å². The summed E-state index contributed by atoms with van der Waals surface area (Å²) in [5.41, 5.74) is 1.51. The number of methoxy groups -OCH3 is 1. The molecule has 0 bridgehead atoms. The monoisotopic (exact) mass is 250 g/mol. The molecule has 0 amide bonds. The van der Waals surface area contributed by atoms with Crippen molar-refractivity contribution in [2.45, 2.75) is 25.9 Å². The minimum absolute atomic E-state index is 0.107. The van der Waals surface area contributed by atoms with Crippen molar-refractivity contribution in [2.75, 3.05) is 7.11 Å². The molecule has 0 spiro atoms. The summed E-state index contributed by atoms with van der Waals surface area (Å²) < 4.78 is 4.50. The average Bonchev–Trinajstić information content (AvgIpc) is 2.31. The van der Waals surface area contributed by atoms with Gasteiger partial charge in [0.2, 0.25) is 0 Å². The summed E-state index contributed by atoms with van der Waals surface area (Å²) in [7, 11) is 1.29. The zero-order valence-corrected chi connectivity index (χ0v) is 10.8. The van der Waals surface area contributed by atoms with Crippen LogP contribution in [0.4, 0.5) is 0 Å². The maximum Gasteiger partial charge on any atom is 0.330 e. The van der Waals surface area contributed by atoms with Crippen LogP contribution >= 0.6 is 0 Å². The number of aliphatic hydroxyl groups excluding tert-OH is 1. The Morgan fingerprint density at radius 2 is 2.11 bits per heavy atom. The summed E-state index contributed by atoms with van der Waals surface area (Å²) in [6, 6.07) is 5.21. The predicted octanol–water partition coefficient (Wildman–Crippen LogP) is 1.89. The number of phenols is 1. The van der Waals surface area contributed by atoms with Gasteiger partial charge in [-0.1, -0.05) is 18.2 Å². The van der Waals surface area contributed by atoms with Gasteiger partial charge in [-0.15, -0.1) is 0 Å². The second-order valence-electron chi connectivity index (χ2n) is 4.21. The molecule has 2 atom stereocenters. The Hall–Kier alpha value is -1.81. The summed E-state index contributed by atoms with van der Waals surface area (Å²) >= 11 is 0. The molecule has 98 valence electrons. The highest BCUT2D eigenvalue weighted by Gasteiger charge is 2.18. The van der Waals surface area contributed by atoms with Crippen LogP contribution < -0.4 is 0 Å². The van der Waals surface area contributed by atoms with Crippen molar-refractivity contribution in [1.29, 1.82) is 0 Å². The number of carbonyl (C=O) groups is 1. The highest BCUT2D eigenvalue weighted by Crippen LogP contribution is 2.30. The molecule has 0 heterocycles. The van der Waals surface area contributed by atoms with Crippen LogP contribution in [-0.2, 0) is 9.53 Å². The van der Waals surface area contributed by atoms with Crippen LogP contribution in [0.5, 0.6) is 5.75 Å². The minimum Gasteiger partial charge on any atom is -0.508 e. The second kappa shape index (κ2) is 6.21. The van der Waals surface area contributed by atoms with Gasteiger partial charge in [0.05, 0.1) is 13.2 Å². The number of hydrogen-bond donors (Lipinski definition) is 2. The molecule has 0 fully saturated rings. The molecule has 0 aliphatic heterocycles. The second-order valence-corrected chi connectivity index (χ2v) is 4.21. The molecule has 0 saturated carbocycles. The maximum atomic E-state index is 11.1. The van der Waals surface area contributed by atoms with Crippen molar-refractivity contribution in [1.82, 2.24) is 0 Å². The summed E-state index contributed by atoms with van der Waals surface area (Å²) in [4.78, 5) is 11.1. The van der Waals surface area contributed by atoms with Gasteiger partial charge in [0.15, 0.2) is 0 Å². The number of benzene rings is 1. The Morgan fingerprint density at radius 3 is 2.61 bits per heavy atom. The number of rotatable bonds is 4. The molecular formula is C14H18O4. The zero-order chi connectivity index (χ0) is 13.7. The molecule has 4 nitrogen and oxygen atoms in total. The third-order valence-corrected chi connectivity index (χ3v) is 2.71. The maximum absolute atomic E-state index is 11.1. The van der Waals surface area contributed by atoms with E-state index in [1.54, 1.807) is 19.1 Å². The molecule has 0 radical (unpaired) electrons. The molecule has 1 aromatic carbocycles. The van der Waals surface area contributed by atoms with Crippen LogP contribution in [0.1, 0.15) is 24.0 Å². The lowest BCUT2D eigenvalue weighted by atomic mass is 9.92. The number of hydrogen-bond acceptors (Lipinski definition) is 4. The SMILES string of the molecule is COC(=O)/C=C/C(c1ccc(C)cc1O)C(C)O. The van der Waals surface area contributed by atoms with Gasteiger partial charge < -0.3 is 14.9 Å². The number of carbonyl (C=O) groups excluding carboxylic acids is 1. The standard InChI is InChI=1S/C14H18O4/c1-9-4-5-12(13(16)8-9)11(10(2)15)6-7-14(17)18-3/h4-8,10-11,15-16H,1-3H3/b7-6+. The third kappa shape index (κ3) is 3.60. The Bertz CT molecular complexity index is 449. The summed E-state index contributed by atoms with van der Waals surface area (Å²) in [5, 5.41) is 19.6. The van der Waals surface area contributed by atoms with Crippen molar-refractivity contribution >= 4 is 5.97 Å². The summed E-state index contributed by atoms with van der Waals surface area (Å²) in [5.74, 6) is -0.840. The molecule has 1 aromatic rings. The van der Waals surface area contributed by atoms with Crippen LogP contribution in [0.2, 0.25) is 0 Å². The Balaban J connectivity index is 3.05. The molecule has 0 saturated heterocycles. The first-order valence-corrected chi connectivity index (χ1v) is 5.69.